The lowest BCUT2D eigenvalue weighted by Crippen LogP contribution is -2.16. The zero-order valence-corrected chi connectivity index (χ0v) is 11.9. The molecule has 0 fully saturated rings. The summed E-state index contributed by atoms with van der Waals surface area (Å²) in [5.41, 5.74) is 0. The molecule has 0 aromatic carbocycles. The van der Waals surface area contributed by atoms with E-state index in [1.165, 1.54) is 0 Å². The van der Waals surface area contributed by atoms with Crippen LogP contribution in [0.3, 0.4) is 0 Å². The zero-order valence-electron chi connectivity index (χ0n) is 10.3. The van der Waals surface area contributed by atoms with Crippen molar-refractivity contribution in [2.45, 2.75) is 13.0 Å². The largest absolute Gasteiger partial charge is 0.464 e. The summed E-state index contributed by atoms with van der Waals surface area (Å²) < 4.78 is 11.8. The third-order valence-corrected chi connectivity index (χ3v) is 2.96. The first-order valence-corrected chi connectivity index (χ1v) is 6.41. The Balaban J connectivity index is 2.13. The van der Waals surface area contributed by atoms with Crippen LogP contribution < -0.4 is 5.32 Å². The number of halogens is 1. The van der Waals surface area contributed by atoms with Gasteiger partial charge in [0.1, 0.15) is 23.4 Å². The fraction of sp³-hybridized carbons (Fsp3) is 0.308. The SMILES string of the molecule is COCC(Nc1ccc(Br)cn1)c1ccc(C)o1. The molecule has 96 valence electrons. The van der Waals surface area contributed by atoms with Gasteiger partial charge in [0.2, 0.25) is 0 Å². The Bertz CT molecular complexity index is 496. The van der Waals surface area contributed by atoms with Crippen molar-refractivity contribution in [1.82, 2.24) is 4.98 Å². The van der Waals surface area contributed by atoms with Crippen LogP contribution in [0.15, 0.2) is 39.4 Å². The molecule has 5 heteroatoms. The highest BCUT2D eigenvalue weighted by Gasteiger charge is 2.15. The van der Waals surface area contributed by atoms with Crippen molar-refractivity contribution in [3.05, 3.63) is 46.5 Å². The fourth-order valence-electron chi connectivity index (χ4n) is 1.64. The quantitative estimate of drug-likeness (QED) is 0.917. The first-order chi connectivity index (χ1) is 8.69. The summed E-state index contributed by atoms with van der Waals surface area (Å²) in [4.78, 5) is 4.28. The lowest BCUT2D eigenvalue weighted by molar-refractivity contribution is 0.178. The maximum absolute atomic E-state index is 5.61. The van der Waals surface area contributed by atoms with Crippen LogP contribution in [0.4, 0.5) is 5.82 Å². The van der Waals surface area contributed by atoms with E-state index in [-0.39, 0.29) is 6.04 Å². The minimum absolute atomic E-state index is 0.0441. The topological polar surface area (TPSA) is 47.3 Å². The van der Waals surface area contributed by atoms with Gasteiger partial charge in [-0.2, -0.15) is 0 Å². The molecule has 1 N–H and O–H groups in total. The van der Waals surface area contributed by atoms with Crippen molar-refractivity contribution in [2.75, 3.05) is 19.0 Å². The van der Waals surface area contributed by atoms with Gasteiger partial charge in [0.15, 0.2) is 0 Å². The number of pyridine rings is 1. The van der Waals surface area contributed by atoms with Crippen LogP contribution in [0.2, 0.25) is 0 Å². The number of hydrogen-bond donors (Lipinski definition) is 1. The number of nitrogens with zero attached hydrogens (tertiary/aromatic N) is 1. The van der Waals surface area contributed by atoms with Gasteiger partial charge < -0.3 is 14.5 Å². The van der Waals surface area contributed by atoms with Gasteiger partial charge in [-0.15, -0.1) is 0 Å². The van der Waals surface area contributed by atoms with Crippen LogP contribution in [0.5, 0.6) is 0 Å². The van der Waals surface area contributed by atoms with Crippen molar-refractivity contribution in [3.63, 3.8) is 0 Å². The van der Waals surface area contributed by atoms with Crippen molar-refractivity contribution in [2.24, 2.45) is 0 Å². The molecule has 2 aromatic rings. The van der Waals surface area contributed by atoms with Crippen molar-refractivity contribution < 1.29 is 9.15 Å². The summed E-state index contributed by atoms with van der Waals surface area (Å²) in [5, 5.41) is 3.29. The molecule has 0 amide bonds. The molecule has 0 aliphatic rings. The third kappa shape index (κ3) is 3.34. The van der Waals surface area contributed by atoms with E-state index >= 15 is 0 Å². The molecule has 2 rings (SSSR count). The van der Waals surface area contributed by atoms with E-state index in [0.717, 1.165) is 21.8 Å². The van der Waals surface area contributed by atoms with Crippen LogP contribution in [-0.4, -0.2) is 18.7 Å². The first kappa shape index (κ1) is 13.1. The molecular weight excluding hydrogens is 296 g/mol. The highest BCUT2D eigenvalue weighted by atomic mass is 79.9. The fourth-order valence-corrected chi connectivity index (χ4v) is 1.88. The highest BCUT2D eigenvalue weighted by molar-refractivity contribution is 9.10. The predicted molar refractivity (Wildman–Crippen MR) is 73.6 cm³/mol. The maximum atomic E-state index is 5.61. The van der Waals surface area contributed by atoms with Gasteiger partial charge in [0, 0.05) is 17.8 Å². The molecule has 0 radical (unpaired) electrons. The first-order valence-electron chi connectivity index (χ1n) is 5.62. The molecule has 0 saturated heterocycles. The Labute approximate surface area is 114 Å². The van der Waals surface area contributed by atoms with E-state index in [4.69, 9.17) is 9.15 Å². The Morgan fingerprint density at radius 2 is 2.22 bits per heavy atom. The van der Waals surface area contributed by atoms with E-state index < -0.39 is 0 Å². The molecule has 18 heavy (non-hydrogen) atoms. The predicted octanol–water partition coefficient (Wildman–Crippen LogP) is 3.55. The smallest absolute Gasteiger partial charge is 0.128 e. The third-order valence-electron chi connectivity index (χ3n) is 2.49. The molecule has 2 heterocycles. The van der Waals surface area contributed by atoms with Crippen molar-refractivity contribution in [1.29, 1.82) is 0 Å². The summed E-state index contributed by atoms with van der Waals surface area (Å²) in [6.45, 7) is 2.44. The highest BCUT2D eigenvalue weighted by Crippen LogP contribution is 2.21. The Hall–Kier alpha value is -1.33. The second-order valence-corrected chi connectivity index (χ2v) is 4.88. The summed E-state index contributed by atoms with van der Waals surface area (Å²) >= 11 is 3.36. The minimum Gasteiger partial charge on any atom is -0.464 e. The van der Waals surface area contributed by atoms with Gasteiger partial charge >= 0.3 is 0 Å². The molecule has 0 spiro atoms. The number of anilines is 1. The lowest BCUT2D eigenvalue weighted by atomic mass is 10.2. The van der Waals surface area contributed by atoms with Crippen LogP contribution in [0.1, 0.15) is 17.6 Å². The minimum atomic E-state index is -0.0441. The molecule has 2 aromatic heterocycles. The van der Waals surface area contributed by atoms with Crippen molar-refractivity contribution in [3.8, 4) is 0 Å². The average Bonchev–Trinajstić information content (AvgIpc) is 2.78. The molecule has 1 atom stereocenters. The summed E-state index contributed by atoms with van der Waals surface area (Å²) in [7, 11) is 1.67. The second-order valence-electron chi connectivity index (χ2n) is 3.96. The second kappa shape index (κ2) is 6.02. The molecule has 4 nitrogen and oxygen atoms in total. The summed E-state index contributed by atoms with van der Waals surface area (Å²) in [5.74, 6) is 2.52. The number of aryl methyl sites for hydroxylation is 1. The van der Waals surface area contributed by atoms with E-state index in [0.29, 0.717) is 6.61 Å². The van der Waals surface area contributed by atoms with Gasteiger partial charge in [0.05, 0.1) is 6.61 Å². The van der Waals surface area contributed by atoms with E-state index in [1.807, 2.05) is 31.2 Å². The number of furan rings is 1. The van der Waals surface area contributed by atoms with Crippen LogP contribution in [0.25, 0.3) is 0 Å². The van der Waals surface area contributed by atoms with Crippen LogP contribution in [0, 0.1) is 6.92 Å². The maximum Gasteiger partial charge on any atom is 0.128 e. The number of ether oxygens (including phenoxy) is 1. The molecule has 0 bridgehead atoms. The van der Waals surface area contributed by atoms with Gasteiger partial charge in [-0.25, -0.2) is 4.98 Å². The van der Waals surface area contributed by atoms with E-state index in [9.17, 15) is 0 Å². The van der Waals surface area contributed by atoms with Gasteiger partial charge in [-0.3, -0.25) is 0 Å². The average molecular weight is 311 g/mol. The Kier molecular flexibility index (Phi) is 4.38. The van der Waals surface area contributed by atoms with Crippen molar-refractivity contribution >= 4 is 21.7 Å². The number of nitrogens with one attached hydrogen (secondary N) is 1. The van der Waals surface area contributed by atoms with Crippen LogP contribution >= 0.6 is 15.9 Å². The Morgan fingerprint density at radius 3 is 2.78 bits per heavy atom. The van der Waals surface area contributed by atoms with Crippen LogP contribution in [-0.2, 0) is 4.74 Å². The number of rotatable bonds is 5. The number of hydrogen-bond acceptors (Lipinski definition) is 4. The molecule has 1 unspecified atom stereocenters. The molecule has 0 aliphatic carbocycles. The Morgan fingerprint density at radius 1 is 1.39 bits per heavy atom. The molecular formula is C13H15BrN2O2. The van der Waals surface area contributed by atoms with Gasteiger partial charge in [-0.05, 0) is 47.1 Å². The molecule has 0 aliphatic heterocycles. The van der Waals surface area contributed by atoms with Gasteiger partial charge in [0.25, 0.3) is 0 Å². The number of aromatic nitrogens is 1. The standard InChI is InChI=1S/C13H15BrN2O2/c1-9-3-5-12(18-9)11(8-17-2)16-13-6-4-10(14)7-15-13/h3-7,11H,8H2,1-2H3,(H,15,16). The van der Waals surface area contributed by atoms with E-state index in [2.05, 4.69) is 26.2 Å². The number of methoxy groups -OCH3 is 1. The van der Waals surface area contributed by atoms with E-state index in [1.54, 1.807) is 13.3 Å². The lowest BCUT2D eigenvalue weighted by Gasteiger charge is -2.16. The zero-order chi connectivity index (χ0) is 13.0. The summed E-state index contributed by atoms with van der Waals surface area (Å²) in [6, 6.07) is 7.69. The molecule has 0 saturated carbocycles. The van der Waals surface area contributed by atoms with Gasteiger partial charge in [-0.1, -0.05) is 0 Å². The normalized spacial score (nSPS) is 12.4. The monoisotopic (exact) mass is 310 g/mol. The summed E-state index contributed by atoms with van der Waals surface area (Å²) in [6.07, 6.45) is 1.75.